The number of ether oxygens (including phenoxy) is 2. The number of rotatable bonds is 7. The fraction of sp³-hybridized carbons (Fsp3) is 0.556. The standard InChI is InChI=1S/C27H31F2NO5/c1-15-8-22(16(2)30(15)20-4-6-21(7-5-20)35-25(28)29)23(31)17(3)34-24(32)26-10-18-9-19(11-26)13-27(33,12-18)14-26/h4-8,17-19,25,33H,9-14H2,1-3H3/t17-,18-,19-,26?,27?/m1/s1. The third-order valence-corrected chi connectivity index (χ3v) is 8.13. The normalized spacial score (nSPS) is 29.9. The lowest BCUT2D eigenvalue weighted by molar-refractivity contribution is -0.197. The lowest BCUT2D eigenvalue weighted by Crippen LogP contribution is -2.58. The van der Waals surface area contributed by atoms with Crippen molar-refractivity contribution in [3.05, 3.63) is 47.3 Å². The maximum absolute atomic E-state index is 13.3. The first kappa shape index (κ1) is 24.0. The molecule has 4 bridgehead atoms. The van der Waals surface area contributed by atoms with E-state index in [9.17, 15) is 23.5 Å². The molecule has 6 rings (SSSR count). The van der Waals surface area contributed by atoms with Gasteiger partial charge in [0.25, 0.3) is 0 Å². The molecule has 4 aliphatic rings. The number of aliphatic hydroxyl groups is 1. The van der Waals surface area contributed by atoms with Gasteiger partial charge in [0.05, 0.1) is 11.0 Å². The minimum absolute atomic E-state index is 0.0531. The van der Waals surface area contributed by atoms with Gasteiger partial charge >= 0.3 is 12.6 Å². The largest absolute Gasteiger partial charge is 0.454 e. The Morgan fingerprint density at radius 3 is 2.29 bits per heavy atom. The molecule has 0 amide bonds. The molecule has 188 valence electrons. The molecule has 0 unspecified atom stereocenters. The number of alkyl halides is 2. The van der Waals surface area contributed by atoms with E-state index in [2.05, 4.69) is 4.74 Å². The van der Waals surface area contributed by atoms with Gasteiger partial charge in [0.2, 0.25) is 5.78 Å². The van der Waals surface area contributed by atoms with Gasteiger partial charge < -0.3 is 19.1 Å². The van der Waals surface area contributed by atoms with Crippen LogP contribution in [0.4, 0.5) is 8.78 Å². The highest BCUT2D eigenvalue weighted by Gasteiger charge is 2.61. The summed E-state index contributed by atoms with van der Waals surface area (Å²) in [6, 6.07) is 7.94. The summed E-state index contributed by atoms with van der Waals surface area (Å²) in [7, 11) is 0. The summed E-state index contributed by atoms with van der Waals surface area (Å²) < 4.78 is 36.9. The zero-order chi connectivity index (χ0) is 25.1. The predicted octanol–water partition coefficient (Wildman–Crippen LogP) is 5.14. The molecule has 0 spiro atoms. The molecule has 0 saturated heterocycles. The van der Waals surface area contributed by atoms with E-state index in [1.54, 1.807) is 32.0 Å². The Morgan fingerprint density at radius 1 is 1.09 bits per heavy atom. The molecule has 8 heteroatoms. The number of ketones is 1. The van der Waals surface area contributed by atoms with Crippen LogP contribution >= 0.6 is 0 Å². The molecule has 0 aliphatic heterocycles. The quantitative estimate of drug-likeness (QED) is 0.432. The highest BCUT2D eigenvalue weighted by Crippen LogP contribution is 2.62. The molecule has 1 N–H and O–H groups in total. The van der Waals surface area contributed by atoms with Gasteiger partial charge in [-0.15, -0.1) is 0 Å². The van der Waals surface area contributed by atoms with Crippen molar-refractivity contribution in [2.75, 3.05) is 0 Å². The number of hydrogen-bond donors (Lipinski definition) is 1. The Morgan fingerprint density at radius 2 is 1.71 bits per heavy atom. The number of carbonyl (C=O) groups is 2. The van der Waals surface area contributed by atoms with E-state index in [-0.39, 0.29) is 17.5 Å². The summed E-state index contributed by atoms with van der Waals surface area (Å²) in [5.41, 5.74) is 1.13. The molecule has 4 saturated carbocycles. The zero-order valence-corrected chi connectivity index (χ0v) is 20.2. The second-order valence-electron chi connectivity index (χ2n) is 10.9. The van der Waals surface area contributed by atoms with Crippen molar-refractivity contribution in [2.45, 2.75) is 77.6 Å². The summed E-state index contributed by atoms with van der Waals surface area (Å²) in [6.45, 7) is 2.34. The number of nitrogens with zero attached hydrogens (tertiary/aromatic N) is 1. The lowest BCUT2D eigenvalue weighted by atomic mass is 9.48. The molecule has 3 atom stereocenters. The van der Waals surface area contributed by atoms with Crippen molar-refractivity contribution < 1.29 is 33.0 Å². The Kier molecular flexibility index (Phi) is 5.78. The zero-order valence-electron chi connectivity index (χ0n) is 20.2. The molecule has 0 radical (unpaired) electrons. The van der Waals surface area contributed by atoms with E-state index in [0.29, 0.717) is 35.2 Å². The van der Waals surface area contributed by atoms with Gasteiger partial charge in [0.1, 0.15) is 5.75 Å². The van der Waals surface area contributed by atoms with E-state index < -0.39 is 23.7 Å². The van der Waals surface area contributed by atoms with Crippen LogP contribution in [0, 0.1) is 31.1 Å². The van der Waals surface area contributed by atoms with Crippen molar-refractivity contribution in [2.24, 2.45) is 17.3 Å². The number of aromatic nitrogens is 1. The predicted molar refractivity (Wildman–Crippen MR) is 124 cm³/mol. The van der Waals surface area contributed by atoms with E-state index in [1.807, 2.05) is 11.5 Å². The summed E-state index contributed by atoms with van der Waals surface area (Å²) in [5, 5.41) is 11.0. The van der Waals surface area contributed by atoms with Crippen LogP contribution in [0.3, 0.4) is 0 Å². The first-order chi connectivity index (χ1) is 16.5. The van der Waals surface area contributed by atoms with Crippen LogP contribution in [0.5, 0.6) is 5.75 Å². The summed E-state index contributed by atoms with van der Waals surface area (Å²) >= 11 is 0. The number of esters is 1. The Hall–Kier alpha value is -2.74. The maximum Gasteiger partial charge on any atom is 0.387 e. The lowest BCUT2D eigenvalue weighted by Gasteiger charge is -2.58. The van der Waals surface area contributed by atoms with E-state index in [4.69, 9.17) is 4.74 Å². The van der Waals surface area contributed by atoms with Crippen molar-refractivity contribution in [3.63, 3.8) is 0 Å². The van der Waals surface area contributed by atoms with Crippen molar-refractivity contribution in [3.8, 4) is 11.4 Å². The molecule has 1 heterocycles. The summed E-state index contributed by atoms with van der Waals surface area (Å²) in [4.78, 5) is 26.6. The van der Waals surface area contributed by atoms with Gasteiger partial charge in [-0.05, 0) is 101 Å². The molecule has 4 fully saturated rings. The molecule has 35 heavy (non-hydrogen) atoms. The molecule has 1 aromatic heterocycles. The Bertz CT molecular complexity index is 1140. The minimum Gasteiger partial charge on any atom is -0.454 e. The number of benzene rings is 1. The SMILES string of the molecule is Cc1cc(C(=O)[C@@H](C)OC(=O)C23C[C@H]4C[C@@H](CC(O)(C4)C2)C3)c(C)n1-c1ccc(OC(F)F)cc1. The van der Waals surface area contributed by atoms with Crippen LogP contribution in [0.15, 0.2) is 30.3 Å². The smallest absolute Gasteiger partial charge is 0.387 e. The summed E-state index contributed by atoms with van der Waals surface area (Å²) in [5.74, 6) is 0.0814. The fourth-order valence-electron chi connectivity index (χ4n) is 7.20. The van der Waals surface area contributed by atoms with Gasteiger partial charge in [-0.1, -0.05) is 0 Å². The number of carbonyl (C=O) groups excluding carboxylic acids is 2. The second kappa shape index (κ2) is 8.43. The van der Waals surface area contributed by atoms with Crippen LogP contribution in [-0.4, -0.2) is 39.7 Å². The van der Waals surface area contributed by atoms with Gasteiger partial charge in [-0.3, -0.25) is 9.59 Å². The maximum atomic E-state index is 13.3. The van der Waals surface area contributed by atoms with Gasteiger partial charge in [-0.25, -0.2) is 0 Å². The first-order valence-corrected chi connectivity index (χ1v) is 12.2. The number of Topliss-reactive ketones (excluding diaryl/α,β-unsaturated/α-hetero) is 1. The fourth-order valence-corrected chi connectivity index (χ4v) is 7.20. The third kappa shape index (κ3) is 4.26. The molecule has 4 aliphatic carbocycles. The topological polar surface area (TPSA) is 77.8 Å². The number of aryl methyl sites for hydroxylation is 1. The molecular formula is C27H31F2NO5. The van der Waals surface area contributed by atoms with Crippen LogP contribution in [0.1, 0.15) is 67.2 Å². The van der Waals surface area contributed by atoms with Crippen LogP contribution in [0.25, 0.3) is 5.69 Å². The number of hydrogen-bond acceptors (Lipinski definition) is 5. The molecule has 2 aromatic rings. The first-order valence-electron chi connectivity index (χ1n) is 12.2. The van der Waals surface area contributed by atoms with Crippen molar-refractivity contribution in [1.29, 1.82) is 0 Å². The van der Waals surface area contributed by atoms with Crippen molar-refractivity contribution >= 4 is 11.8 Å². The minimum atomic E-state index is -2.90. The highest BCUT2D eigenvalue weighted by atomic mass is 19.3. The van der Waals surface area contributed by atoms with Gasteiger partial charge in [-0.2, -0.15) is 8.78 Å². The molecule has 6 nitrogen and oxygen atoms in total. The van der Waals surface area contributed by atoms with Gasteiger partial charge in [0, 0.05) is 22.6 Å². The Labute approximate surface area is 203 Å². The van der Waals surface area contributed by atoms with Crippen molar-refractivity contribution in [1.82, 2.24) is 4.57 Å². The van der Waals surface area contributed by atoms with E-state index in [1.165, 1.54) is 12.1 Å². The van der Waals surface area contributed by atoms with E-state index in [0.717, 1.165) is 37.8 Å². The monoisotopic (exact) mass is 487 g/mol. The van der Waals surface area contributed by atoms with Crippen LogP contribution in [0.2, 0.25) is 0 Å². The summed E-state index contributed by atoms with van der Waals surface area (Å²) in [6.07, 6.45) is 3.50. The van der Waals surface area contributed by atoms with Gasteiger partial charge in [0.15, 0.2) is 6.10 Å². The van der Waals surface area contributed by atoms with Crippen LogP contribution < -0.4 is 4.74 Å². The third-order valence-electron chi connectivity index (χ3n) is 8.13. The average Bonchev–Trinajstić information content (AvgIpc) is 3.05. The molecule has 1 aromatic carbocycles. The average molecular weight is 488 g/mol. The molecular weight excluding hydrogens is 456 g/mol. The number of halogens is 2. The second-order valence-corrected chi connectivity index (χ2v) is 10.9. The van der Waals surface area contributed by atoms with E-state index >= 15 is 0 Å². The highest BCUT2D eigenvalue weighted by molar-refractivity contribution is 6.01. The van der Waals surface area contributed by atoms with Crippen LogP contribution in [-0.2, 0) is 9.53 Å². The Balaban J connectivity index is 1.32.